The first kappa shape index (κ1) is 22.7. The average Bonchev–Trinajstić information content (AvgIpc) is 3.23. The minimum Gasteiger partial charge on any atom is -0.482 e. The Morgan fingerprint density at radius 3 is 2.61 bits per heavy atom. The Morgan fingerprint density at radius 1 is 1.06 bits per heavy atom. The molecule has 0 atom stereocenters. The summed E-state index contributed by atoms with van der Waals surface area (Å²) in [5.41, 5.74) is 2.64. The van der Waals surface area contributed by atoms with Crippen molar-refractivity contribution < 1.29 is 13.9 Å². The molecule has 164 valence electrons. The van der Waals surface area contributed by atoms with E-state index in [1.54, 1.807) is 54.6 Å². The minimum absolute atomic E-state index is 0.217. The number of anilines is 1. The molecule has 0 bridgehead atoms. The lowest BCUT2D eigenvalue weighted by Gasteiger charge is -2.10. The number of nitrogens with one attached hydrogen (secondary N) is 1. The molecular weight excluding hydrogens is 485 g/mol. The lowest BCUT2D eigenvalue weighted by atomic mass is 10.1. The van der Waals surface area contributed by atoms with Crippen LogP contribution in [-0.4, -0.2) is 17.5 Å². The van der Waals surface area contributed by atoms with Gasteiger partial charge in [-0.05, 0) is 54.1 Å². The van der Waals surface area contributed by atoms with Crippen LogP contribution in [0.5, 0.6) is 5.75 Å². The summed E-state index contributed by atoms with van der Waals surface area (Å²) in [5.74, 6) is 0.142. The summed E-state index contributed by atoms with van der Waals surface area (Å²) < 4.78 is 11.2. The van der Waals surface area contributed by atoms with Crippen molar-refractivity contribution in [2.45, 2.75) is 0 Å². The van der Waals surface area contributed by atoms with E-state index in [1.807, 2.05) is 12.1 Å². The van der Waals surface area contributed by atoms with Gasteiger partial charge >= 0.3 is 0 Å². The summed E-state index contributed by atoms with van der Waals surface area (Å²) in [5, 5.41) is 13.2. The van der Waals surface area contributed by atoms with Crippen LogP contribution in [0.3, 0.4) is 0 Å². The monoisotopic (exact) mass is 497 g/mol. The molecule has 1 N–H and O–H groups in total. The number of benzene rings is 3. The number of hydrogen-bond acceptors (Lipinski definition) is 5. The van der Waals surface area contributed by atoms with Crippen LogP contribution in [0.2, 0.25) is 15.1 Å². The Morgan fingerprint density at radius 2 is 1.88 bits per heavy atom. The molecule has 4 aromatic rings. The van der Waals surface area contributed by atoms with E-state index in [-0.39, 0.29) is 23.1 Å². The molecule has 0 aliphatic rings. The van der Waals surface area contributed by atoms with Gasteiger partial charge in [-0.2, -0.15) is 5.26 Å². The van der Waals surface area contributed by atoms with E-state index < -0.39 is 5.91 Å². The predicted octanol–water partition coefficient (Wildman–Crippen LogP) is 6.87. The fourth-order valence-corrected chi connectivity index (χ4v) is 3.48. The quantitative estimate of drug-likeness (QED) is 0.293. The number of carbonyl (C=O) groups excluding carboxylic acids is 1. The molecule has 0 unspecified atom stereocenters. The lowest BCUT2D eigenvalue weighted by molar-refractivity contribution is -0.118. The van der Waals surface area contributed by atoms with Crippen LogP contribution in [0.15, 0.2) is 65.1 Å². The van der Waals surface area contributed by atoms with Crippen molar-refractivity contribution in [3.8, 4) is 11.8 Å². The second-order valence-corrected chi connectivity index (χ2v) is 8.03. The smallest absolute Gasteiger partial charge is 0.262 e. The normalized spacial score (nSPS) is 11.3. The van der Waals surface area contributed by atoms with Crippen LogP contribution < -0.4 is 10.1 Å². The molecular formula is C24H14Cl3N3O3. The Labute approximate surface area is 204 Å². The van der Waals surface area contributed by atoms with Gasteiger partial charge in [-0.15, -0.1) is 0 Å². The van der Waals surface area contributed by atoms with Crippen molar-refractivity contribution in [3.05, 3.63) is 87.2 Å². The molecule has 4 rings (SSSR count). The Hall–Kier alpha value is -3.50. The fraction of sp³-hybridized carbons (Fsp3) is 0.0417. The number of carbonyl (C=O) groups is 1. The summed E-state index contributed by atoms with van der Waals surface area (Å²) in [7, 11) is 0. The van der Waals surface area contributed by atoms with E-state index in [4.69, 9.17) is 44.0 Å². The van der Waals surface area contributed by atoms with Gasteiger partial charge in [-0.1, -0.05) is 53.0 Å². The number of aromatic nitrogens is 1. The van der Waals surface area contributed by atoms with Gasteiger partial charge in [0.1, 0.15) is 22.9 Å². The number of amides is 1. The number of halogens is 3. The van der Waals surface area contributed by atoms with Crippen molar-refractivity contribution in [1.29, 1.82) is 5.26 Å². The third kappa shape index (κ3) is 5.47. The number of fused-ring (bicyclic) bond motifs is 1. The van der Waals surface area contributed by atoms with Crippen molar-refractivity contribution in [2.75, 3.05) is 11.9 Å². The second kappa shape index (κ2) is 9.97. The van der Waals surface area contributed by atoms with Crippen molar-refractivity contribution >= 4 is 69.1 Å². The number of oxazole rings is 1. The number of para-hydroxylation sites is 2. The fourth-order valence-electron chi connectivity index (χ4n) is 2.93. The van der Waals surface area contributed by atoms with Crippen molar-refractivity contribution in [2.24, 2.45) is 0 Å². The van der Waals surface area contributed by atoms with Gasteiger partial charge in [0.15, 0.2) is 12.2 Å². The number of allylic oxidation sites excluding steroid dienone is 1. The van der Waals surface area contributed by atoms with Gasteiger partial charge in [0.25, 0.3) is 5.91 Å². The molecule has 0 radical (unpaired) electrons. The molecule has 0 spiro atoms. The molecule has 0 aliphatic heterocycles. The maximum Gasteiger partial charge on any atom is 0.262 e. The summed E-state index contributed by atoms with van der Waals surface area (Å²) >= 11 is 18.1. The van der Waals surface area contributed by atoms with Gasteiger partial charge < -0.3 is 14.5 Å². The summed E-state index contributed by atoms with van der Waals surface area (Å²) in [6.45, 7) is -0.262. The first-order chi connectivity index (χ1) is 15.9. The van der Waals surface area contributed by atoms with E-state index in [0.29, 0.717) is 38.1 Å². The largest absolute Gasteiger partial charge is 0.482 e. The van der Waals surface area contributed by atoms with Crippen LogP contribution >= 0.6 is 34.8 Å². The molecule has 9 heteroatoms. The van der Waals surface area contributed by atoms with E-state index >= 15 is 0 Å². The molecule has 6 nitrogen and oxygen atoms in total. The first-order valence-electron chi connectivity index (χ1n) is 9.58. The van der Waals surface area contributed by atoms with Gasteiger partial charge in [-0.3, -0.25) is 4.79 Å². The van der Waals surface area contributed by atoms with Crippen LogP contribution in [0.4, 0.5) is 5.69 Å². The van der Waals surface area contributed by atoms with Crippen LogP contribution in [0.25, 0.3) is 22.7 Å². The summed E-state index contributed by atoms with van der Waals surface area (Å²) in [6, 6.07) is 19.0. The maximum absolute atomic E-state index is 12.2. The average molecular weight is 499 g/mol. The topological polar surface area (TPSA) is 88.1 Å². The minimum atomic E-state index is -0.392. The first-order valence-corrected chi connectivity index (χ1v) is 10.7. The highest BCUT2D eigenvalue weighted by Gasteiger charge is 2.12. The predicted molar refractivity (Wildman–Crippen MR) is 130 cm³/mol. The standard InChI is InChI=1S/C24H14Cl3N3O3/c25-17-7-6-16(11-18(17)26)29-23(31)13-32-21-8-5-14(10-19(21)27)9-15(12-28)24-30-20-3-1-2-4-22(20)33-24/h1-11H,13H2,(H,29,31)/b15-9+. The lowest BCUT2D eigenvalue weighted by Crippen LogP contribution is -2.20. The summed E-state index contributed by atoms with van der Waals surface area (Å²) in [6.07, 6.45) is 1.61. The van der Waals surface area contributed by atoms with Crippen LogP contribution in [-0.2, 0) is 4.79 Å². The SMILES string of the molecule is N#C/C(=C\c1ccc(OCC(=O)Nc2ccc(Cl)c(Cl)c2)c(Cl)c1)c1nc2ccccc2o1. The van der Waals surface area contributed by atoms with E-state index in [0.717, 1.165) is 0 Å². The Bertz CT molecular complexity index is 1390. The van der Waals surface area contributed by atoms with Crippen molar-refractivity contribution in [3.63, 3.8) is 0 Å². The zero-order chi connectivity index (χ0) is 23.4. The van der Waals surface area contributed by atoms with Gasteiger partial charge in [0.05, 0.1) is 15.1 Å². The zero-order valence-electron chi connectivity index (χ0n) is 16.8. The highest BCUT2D eigenvalue weighted by Crippen LogP contribution is 2.29. The van der Waals surface area contributed by atoms with Crippen LogP contribution in [0.1, 0.15) is 11.5 Å². The molecule has 0 fully saturated rings. The van der Waals surface area contributed by atoms with E-state index in [1.165, 1.54) is 0 Å². The van der Waals surface area contributed by atoms with Gasteiger partial charge in [0.2, 0.25) is 5.89 Å². The molecule has 0 saturated heterocycles. The number of nitrogens with zero attached hydrogens (tertiary/aromatic N) is 2. The van der Waals surface area contributed by atoms with Gasteiger partial charge in [0, 0.05) is 5.69 Å². The number of rotatable bonds is 6. The summed E-state index contributed by atoms with van der Waals surface area (Å²) in [4.78, 5) is 16.5. The third-order valence-electron chi connectivity index (χ3n) is 4.47. The van der Waals surface area contributed by atoms with Crippen molar-refractivity contribution in [1.82, 2.24) is 4.98 Å². The van der Waals surface area contributed by atoms with Gasteiger partial charge in [-0.25, -0.2) is 4.98 Å². The molecule has 0 aliphatic carbocycles. The number of ether oxygens (including phenoxy) is 1. The number of hydrogen-bond donors (Lipinski definition) is 1. The maximum atomic E-state index is 12.2. The van der Waals surface area contributed by atoms with E-state index in [9.17, 15) is 10.1 Å². The molecule has 1 amide bonds. The molecule has 33 heavy (non-hydrogen) atoms. The highest BCUT2D eigenvalue weighted by molar-refractivity contribution is 6.42. The molecule has 1 heterocycles. The van der Waals surface area contributed by atoms with E-state index in [2.05, 4.69) is 16.4 Å². The third-order valence-corrected chi connectivity index (χ3v) is 5.51. The molecule has 0 saturated carbocycles. The Kier molecular flexibility index (Phi) is 6.85. The Balaban J connectivity index is 1.44. The zero-order valence-corrected chi connectivity index (χ0v) is 19.1. The molecule has 3 aromatic carbocycles. The number of nitriles is 1. The molecule has 1 aromatic heterocycles. The highest BCUT2D eigenvalue weighted by atomic mass is 35.5. The second-order valence-electron chi connectivity index (χ2n) is 6.81. The van der Waals surface area contributed by atoms with Crippen LogP contribution in [0, 0.1) is 11.3 Å².